The Hall–Kier alpha value is -1.98. The van der Waals surface area contributed by atoms with Gasteiger partial charge in [-0.15, -0.1) is 22.7 Å². The topological polar surface area (TPSA) is 42.0 Å². The molecular weight excluding hydrogens is 324 g/mol. The first-order valence-corrected chi connectivity index (χ1v) is 9.22. The molecule has 0 aliphatic rings. The van der Waals surface area contributed by atoms with Gasteiger partial charge in [0.1, 0.15) is 4.88 Å². The lowest BCUT2D eigenvalue weighted by Crippen LogP contribution is -2.11. The Morgan fingerprint density at radius 1 is 1.13 bits per heavy atom. The van der Waals surface area contributed by atoms with Gasteiger partial charge in [0.05, 0.1) is 5.69 Å². The molecule has 3 nitrogen and oxygen atoms in total. The zero-order chi connectivity index (χ0) is 16.4. The summed E-state index contributed by atoms with van der Waals surface area (Å²) < 4.78 is 0. The highest BCUT2D eigenvalue weighted by Crippen LogP contribution is 2.30. The van der Waals surface area contributed by atoms with Gasteiger partial charge in [-0.3, -0.25) is 10.1 Å². The zero-order valence-electron chi connectivity index (χ0n) is 13.3. The molecule has 0 aliphatic heterocycles. The third-order valence-electron chi connectivity index (χ3n) is 3.57. The number of nitrogens with one attached hydrogen (secondary N) is 1. The van der Waals surface area contributed by atoms with E-state index in [4.69, 9.17) is 0 Å². The number of aromatic nitrogens is 1. The van der Waals surface area contributed by atoms with Crippen molar-refractivity contribution in [1.29, 1.82) is 0 Å². The molecule has 118 valence electrons. The van der Waals surface area contributed by atoms with Crippen LogP contribution >= 0.6 is 22.7 Å². The maximum absolute atomic E-state index is 12.6. The fourth-order valence-electron chi connectivity index (χ4n) is 2.21. The van der Waals surface area contributed by atoms with E-state index in [-0.39, 0.29) is 5.91 Å². The summed E-state index contributed by atoms with van der Waals surface area (Å²) in [5.74, 6) is 0.266. The van der Waals surface area contributed by atoms with Crippen LogP contribution in [0.5, 0.6) is 0 Å². The number of anilines is 1. The average molecular weight is 342 g/mol. The van der Waals surface area contributed by atoms with Gasteiger partial charge in [-0.2, -0.15) is 0 Å². The summed E-state index contributed by atoms with van der Waals surface area (Å²) >= 11 is 2.92. The van der Waals surface area contributed by atoms with E-state index in [1.165, 1.54) is 28.2 Å². The Balaban J connectivity index is 1.83. The average Bonchev–Trinajstić information content (AvgIpc) is 3.16. The highest BCUT2D eigenvalue weighted by molar-refractivity contribution is 7.14. The third-order valence-corrected chi connectivity index (χ3v) is 5.26. The molecule has 23 heavy (non-hydrogen) atoms. The van der Waals surface area contributed by atoms with Gasteiger partial charge in [0.15, 0.2) is 5.13 Å². The van der Waals surface area contributed by atoms with E-state index in [2.05, 4.69) is 55.3 Å². The molecule has 0 fully saturated rings. The van der Waals surface area contributed by atoms with Crippen molar-refractivity contribution in [2.24, 2.45) is 0 Å². The minimum atomic E-state index is -0.0970. The Morgan fingerprint density at radius 2 is 1.87 bits per heavy atom. The molecular formula is C18H18N2OS2. The van der Waals surface area contributed by atoms with Crippen molar-refractivity contribution in [3.8, 4) is 11.1 Å². The lowest BCUT2D eigenvalue weighted by Gasteiger charge is -2.05. The number of rotatable bonds is 4. The molecule has 0 saturated heterocycles. The Labute approximate surface area is 144 Å². The van der Waals surface area contributed by atoms with E-state index in [9.17, 15) is 4.79 Å². The predicted molar refractivity (Wildman–Crippen MR) is 98.6 cm³/mol. The van der Waals surface area contributed by atoms with Crippen molar-refractivity contribution in [1.82, 2.24) is 4.98 Å². The molecule has 5 heteroatoms. The summed E-state index contributed by atoms with van der Waals surface area (Å²) in [4.78, 5) is 17.8. The molecule has 0 atom stereocenters. The quantitative estimate of drug-likeness (QED) is 0.675. The summed E-state index contributed by atoms with van der Waals surface area (Å²) in [7, 11) is 0. The van der Waals surface area contributed by atoms with Crippen LogP contribution in [0.25, 0.3) is 11.1 Å². The van der Waals surface area contributed by atoms with E-state index in [0.29, 0.717) is 11.0 Å². The highest BCUT2D eigenvalue weighted by atomic mass is 32.1. The number of benzene rings is 1. The number of amides is 1. The summed E-state index contributed by atoms with van der Waals surface area (Å²) in [6.07, 6.45) is 0. The first-order valence-electron chi connectivity index (χ1n) is 7.46. The van der Waals surface area contributed by atoms with Crippen LogP contribution in [0.15, 0.2) is 41.1 Å². The molecule has 1 aromatic carbocycles. The van der Waals surface area contributed by atoms with Crippen molar-refractivity contribution in [3.63, 3.8) is 0 Å². The Kier molecular flexibility index (Phi) is 4.59. The molecule has 0 radical (unpaired) electrons. The van der Waals surface area contributed by atoms with Gasteiger partial charge in [-0.05, 0) is 29.9 Å². The van der Waals surface area contributed by atoms with Crippen molar-refractivity contribution in [2.75, 3.05) is 5.32 Å². The number of thiazole rings is 1. The maximum atomic E-state index is 12.6. The standard InChI is InChI=1S/C18H18N2OS2/c1-11(2)15-10-23-18(19-15)20-17(21)16-14(8-9-22-16)13-6-4-12(3)5-7-13/h4-11H,1-3H3,(H,19,20,21). The van der Waals surface area contributed by atoms with Gasteiger partial charge in [-0.25, -0.2) is 4.98 Å². The molecule has 0 spiro atoms. The smallest absolute Gasteiger partial charge is 0.268 e. The normalized spacial score (nSPS) is 11.0. The molecule has 0 bridgehead atoms. The van der Waals surface area contributed by atoms with Crippen molar-refractivity contribution in [3.05, 3.63) is 57.2 Å². The second kappa shape index (κ2) is 6.64. The van der Waals surface area contributed by atoms with Crippen LogP contribution in [0.3, 0.4) is 0 Å². The van der Waals surface area contributed by atoms with Crippen LogP contribution in [0.2, 0.25) is 0 Å². The Morgan fingerprint density at radius 3 is 2.52 bits per heavy atom. The summed E-state index contributed by atoms with van der Waals surface area (Å²) in [6, 6.07) is 10.2. The molecule has 0 unspecified atom stereocenters. The van der Waals surface area contributed by atoms with E-state index in [1.807, 2.05) is 16.8 Å². The van der Waals surface area contributed by atoms with E-state index >= 15 is 0 Å². The SMILES string of the molecule is Cc1ccc(-c2ccsc2C(=O)Nc2nc(C(C)C)cs2)cc1. The number of nitrogens with zero attached hydrogens (tertiary/aromatic N) is 1. The highest BCUT2D eigenvalue weighted by Gasteiger charge is 2.16. The largest absolute Gasteiger partial charge is 0.297 e. The van der Waals surface area contributed by atoms with Crippen LogP contribution in [0.1, 0.15) is 40.7 Å². The second-order valence-corrected chi connectivity index (χ2v) is 7.49. The van der Waals surface area contributed by atoms with Crippen LogP contribution in [0.4, 0.5) is 5.13 Å². The molecule has 1 N–H and O–H groups in total. The van der Waals surface area contributed by atoms with Gasteiger partial charge in [0, 0.05) is 10.9 Å². The summed E-state index contributed by atoms with van der Waals surface area (Å²) in [5, 5.41) is 7.52. The predicted octanol–water partition coefficient (Wildman–Crippen LogP) is 5.56. The van der Waals surface area contributed by atoms with E-state index in [0.717, 1.165) is 21.7 Å². The molecule has 2 heterocycles. The van der Waals surface area contributed by atoms with Gasteiger partial charge in [0.2, 0.25) is 0 Å². The molecule has 2 aromatic heterocycles. The number of hydrogen-bond donors (Lipinski definition) is 1. The lowest BCUT2D eigenvalue weighted by atomic mass is 10.0. The number of thiophene rings is 1. The molecule has 0 saturated carbocycles. The zero-order valence-corrected chi connectivity index (χ0v) is 14.9. The maximum Gasteiger partial charge on any atom is 0.268 e. The van der Waals surface area contributed by atoms with Gasteiger partial charge in [0.25, 0.3) is 5.91 Å². The lowest BCUT2D eigenvalue weighted by molar-refractivity contribution is 0.103. The fourth-order valence-corrected chi connectivity index (χ4v) is 3.89. The Bertz CT molecular complexity index is 816. The monoisotopic (exact) mass is 342 g/mol. The molecule has 0 aliphatic carbocycles. The fraction of sp³-hybridized carbons (Fsp3) is 0.222. The third kappa shape index (κ3) is 3.51. The van der Waals surface area contributed by atoms with Crippen molar-refractivity contribution < 1.29 is 4.79 Å². The van der Waals surface area contributed by atoms with E-state index < -0.39 is 0 Å². The number of aryl methyl sites for hydroxylation is 1. The van der Waals surface area contributed by atoms with Crippen LogP contribution in [-0.2, 0) is 0 Å². The summed E-state index contributed by atoms with van der Waals surface area (Å²) in [6.45, 7) is 6.24. The van der Waals surface area contributed by atoms with Crippen molar-refractivity contribution >= 4 is 33.7 Å². The minimum Gasteiger partial charge on any atom is -0.297 e. The minimum absolute atomic E-state index is 0.0970. The number of carbonyl (C=O) groups excluding carboxylic acids is 1. The van der Waals surface area contributed by atoms with E-state index in [1.54, 1.807) is 0 Å². The molecule has 3 aromatic rings. The molecule has 3 rings (SSSR count). The van der Waals surface area contributed by atoms with Crippen LogP contribution < -0.4 is 5.32 Å². The van der Waals surface area contributed by atoms with Gasteiger partial charge in [-0.1, -0.05) is 43.7 Å². The summed E-state index contributed by atoms with van der Waals surface area (Å²) in [5.41, 5.74) is 4.24. The number of hydrogen-bond acceptors (Lipinski definition) is 4. The molecule has 1 amide bonds. The van der Waals surface area contributed by atoms with Crippen LogP contribution in [0, 0.1) is 6.92 Å². The van der Waals surface area contributed by atoms with Crippen LogP contribution in [-0.4, -0.2) is 10.9 Å². The number of carbonyl (C=O) groups is 1. The first kappa shape index (κ1) is 15.9. The van der Waals surface area contributed by atoms with Gasteiger partial charge < -0.3 is 0 Å². The van der Waals surface area contributed by atoms with Crippen molar-refractivity contribution in [2.45, 2.75) is 26.7 Å². The first-order chi connectivity index (χ1) is 11.0. The second-order valence-electron chi connectivity index (χ2n) is 5.72. The van der Waals surface area contributed by atoms with Gasteiger partial charge >= 0.3 is 0 Å².